The normalized spacial score (nSPS) is 12.5. The molecule has 0 fully saturated rings. The lowest BCUT2D eigenvalue weighted by Crippen LogP contribution is -2.14. The van der Waals surface area contributed by atoms with Crippen LogP contribution in [-0.2, 0) is 0 Å². The molecule has 2 aromatic carbocycles. The average molecular weight is 312 g/mol. The van der Waals surface area contributed by atoms with Gasteiger partial charge in [0.15, 0.2) is 0 Å². The number of hydrogen-bond acceptors (Lipinski definition) is 1. The Morgan fingerprint density at radius 2 is 1.83 bits per heavy atom. The van der Waals surface area contributed by atoms with Crippen molar-refractivity contribution in [2.24, 2.45) is 5.73 Å². The number of benzene rings is 2. The molecule has 0 radical (unpaired) electrons. The SMILES string of the molecule is Cc1ccc(F)cc1C(N)c1cccc(F)c1Br. The molecule has 1 nitrogen and oxygen atoms in total. The number of rotatable bonds is 2. The van der Waals surface area contributed by atoms with E-state index in [4.69, 9.17) is 5.73 Å². The maximum Gasteiger partial charge on any atom is 0.137 e. The zero-order chi connectivity index (χ0) is 13.3. The van der Waals surface area contributed by atoms with E-state index in [1.165, 1.54) is 18.2 Å². The van der Waals surface area contributed by atoms with Crippen LogP contribution in [0.2, 0.25) is 0 Å². The highest BCUT2D eigenvalue weighted by atomic mass is 79.9. The standard InChI is InChI=1S/C14H12BrF2N/c1-8-5-6-9(16)7-11(8)14(18)10-3-2-4-12(17)13(10)15/h2-7,14H,18H2,1H3. The van der Waals surface area contributed by atoms with E-state index in [0.29, 0.717) is 15.6 Å². The van der Waals surface area contributed by atoms with Crippen molar-refractivity contribution in [2.45, 2.75) is 13.0 Å². The van der Waals surface area contributed by atoms with Crippen LogP contribution in [0.15, 0.2) is 40.9 Å². The van der Waals surface area contributed by atoms with Crippen molar-refractivity contribution in [3.05, 3.63) is 69.2 Å². The first-order chi connectivity index (χ1) is 8.50. The summed E-state index contributed by atoms with van der Waals surface area (Å²) in [5.74, 6) is -0.726. The third-order valence-corrected chi connectivity index (χ3v) is 3.73. The maximum atomic E-state index is 13.5. The molecule has 0 saturated carbocycles. The van der Waals surface area contributed by atoms with E-state index in [1.807, 2.05) is 6.92 Å². The van der Waals surface area contributed by atoms with Gasteiger partial charge in [-0.25, -0.2) is 8.78 Å². The maximum absolute atomic E-state index is 13.5. The Morgan fingerprint density at radius 3 is 2.56 bits per heavy atom. The van der Waals surface area contributed by atoms with Crippen LogP contribution < -0.4 is 5.73 Å². The van der Waals surface area contributed by atoms with Crippen LogP contribution in [0.3, 0.4) is 0 Å². The van der Waals surface area contributed by atoms with E-state index in [0.717, 1.165) is 5.56 Å². The molecule has 0 aliphatic carbocycles. The molecule has 0 bridgehead atoms. The van der Waals surface area contributed by atoms with Gasteiger partial charge in [0, 0.05) is 0 Å². The summed E-state index contributed by atoms with van der Waals surface area (Å²) in [4.78, 5) is 0. The average Bonchev–Trinajstić information content (AvgIpc) is 2.35. The minimum absolute atomic E-state index is 0.321. The van der Waals surface area contributed by atoms with Gasteiger partial charge in [0.05, 0.1) is 10.5 Å². The van der Waals surface area contributed by atoms with Gasteiger partial charge in [-0.15, -0.1) is 0 Å². The quantitative estimate of drug-likeness (QED) is 0.888. The van der Waals surface area contributed by atoms with Gasteiger partial charge in [-0.2, -0.15) is 0 Å². The van der Waals surface area contributed by atoms with Gasteiger partial charge in [-0.3, -0.25) is 0 Å². The molecule has 2 N–H and O–H groups in total. The van der Waals surface area contributed by atoms with Crippen molar-refractivity contribution in [1.29, 1.82) is 0 Å². The summed E-state index contributed by atoms with van der Waals surface area (Å²) in [5.41, 5.74) is 8.22. The highest BCUT2D eigenvalue weighted by Crippen LogP contribution is 2.30. The molecule has 0 amide bonds. The third-order valence-electron chi connectivity index (χ3n) is 2.89. The van der Waals surface area contributed by atoms with Crippen molar-refractivity contribution >= 4 is 15.9 Å². The molecular formula is C14H12BrF2N. The molecule has 2 rings (SSSR count). The molecule has 0 aromatic heterocycles. The largest absolute Gasteiger partial charge is 0.320 e. The Balaban J connectivity index is 2.51. The summed E-state index contributed by atoms with van der Waals surface area (Å²) in [6.45, 7) is 1.85. The molecular weight excluding hydrogens is 300 g/mol. The minimum Gasteiger partial charge on any atom is -0.320 e. The van der Waals surface area contributed by atoms with E-state index in [2.05, 4.69) is 15.9 Å². The van der Waals surface area contributed by atoms with Crippen molar-refractivity contribution in [2.75, 3.05) is 0 Å². The van der Waals surface area contributed by atoms with Crippen LogP contribution >= 0.6 is 15.9 Å². The van der Waals surface area contributed by atoms with Gasteiger partial charge in [-0.1, -0.05) is 18.2 Å². The van der Waals surface area contributed by atoms with Gasteiger partial charge >= 0.3 is 0 Å². The predicted octanol–water partition coefficient (Wildman–Crippen LogP) is 4.08. The molecule has 0 spiro atoms. The second kappa shape index (κ2) is 5.16. The first-order valence-electron chi connectivity index (χ1n) is 5.46. The van der Waals surface area contributed by atoms with Gasteiger partial charge < -0.3 is 5.73 Å². The molecule has 94 valence electrons. The Hall–Kier alpha value is -1.26. The molecule has 0 aliphatic rings. The number of nitrogens with two attached hydrogens (primary N) is 1. The van der Waals surface area contributed by atoms with Crippen LogP contribution in [-0.4, -0.2) is 0 Å². The van der Waals surface area contributed by atoms with E-state index < -0.39 is 6.04 Å². The lowest BCUT2D eigenvalue weighted by Gasteiger charge is -2.17. The molecule has 0 aliphatic heterocycles. The summed E-state index contributed by atoms with van der Waals surface area (Å²) in [7, 11) is 0. The molecule has 4 heteroatoms. The number of hydrogen-bond donors (Lipinski definition) is 1. The number of halogens is 3. The fourth-order valence-corrected chi connectivity index (χ4v) is 2.39. The highest BCUT2D eigenvalue weighted by molar-refractivity contribution is 9.10. The van der Waals surface area contributed by atoms with Gasteiger partial charge in [-0.05, 0) is 57.7 Å². The predicted molar refractivity (Wildman–Crippen MR) is 71.3 cm³/mol. The monoisotopic (exact) mass is 311 g/mol. The van der Waals surface area contributed by atoms with Crippen LogP contribution in [0.1, 0.15) is 22.7 Å². The Bertz CT molecular complexity index is 582. The Kier molecular flexibility index (Phi) is 3.78. The lowest BCUT2D eigenvalue weighted by atomic mass is 9.95. The minimum atomic E-state index is -0.564. The van der Waals surface area contributed by atoms with Crippen molar-refractivity contribution in [1.82, 2.24) is 0 Å². The molecule has 1 atom stereocenters. The second-order valence-electron chi connectivity index (χ2n) is 4.12. The molecule has 0 heterocycles. The smallest absolute Gasteiger partial charge is 0.137 e. The van der Waals surface area contributed by atoms with E-state index in [-0.39, 0.29) is 11.6 Å². The van der Waals surface area contributed by atoms with Crippen LogP contribution in [0, 0.1) is 18.6 Å². The molecule has 2 aromatic rings. The molecule has 1 unspecified atom stereocenters. The highest BCUT2D eigenvalue weighted by Gasteiger charge is 2.16. The summed E-state index contributed by atoms with van der Waals surface area (Å²) >= 11 is 3.17. The van der Waals surface area contributed by atoms with Crippen LogP contribution in [0.4, 0.5) is 8.78 Å². The van der Waals surface area contributed by atoms with Gasteiger partial charge in [0.1, 0.15) is 11.6 Å². The first-order valence-corrected chi connectivity index (χ1v) is 6.25. The van der Waals surface area contributed by atoms with Crippen molar-refractivity contribution < 1.29 is 8.78 Å². The van der Waals surface area contributed by atoms with E-state index in [1.54, 1.807) is 18.2 Å². The topological polar surface area (TPSA) is 26.0 Å². The zero-order valence-electron chi connectivity index (χ0n) is 9.75. The summed E-state index contributed by atoms with van der Waals surface area (Å²) in [5, 5.41) is 0. The third kappa shape index (κ3) is 2.44. The number of aryl methyl sites for hydroxylation is 1. The van der Waals surface area contributed by atoms with Crippen LogP contribution in [0.5, 0.6) is 0 Å². The summed E-state index contributed by atoms with van der Waals surface area (Å²) < 4.78 is 27.0. The Morgan fingerprint density at radius 1 is 1.11 bits per heavy atom. The fourth-order valence-electron chi connectivity index (χ4n) is 1.87. The summed E-state index contributed by atoms with van der Waals surface area (Å²) in [6.07, 6.45) is 0. The Labute approximate surface area is 113 Å². The zero-order valence-corrected chi connectivity index (χ0v) is 11.3. The van der Waals surface area contributed by atoms with Gasteiger partial charge in [0.2, 0.25) is 0 Å². The van der Waals surface area contributed by atoms with Crippen molar-refractivity contribution in [3.63, 3.8) is 0 Å². The fraction of sp³-hybridized carbons (Fsp3) is 0.143. The second-order valence-corrected chi connectivity index (χ2v) is 4.91. The van der Waals surface area contributed by atoms with Gasteiger partial charge in [0.25, 0.3) is 0 Å². The summed E-state index contributed by atoms with van der Waals surface area (Å²) in [6, 6.07) is 8.53. The van der Waals surface area contributed by atoms with Crippen LogP contribution in [0.25, 0.3) is 0 Å². The lowest BCUT2D eigenvalue weighted by molar-refractivity contribution is 0.613. The van der Waals surface area contributed by atoms with E-state index in [9.17, 15) is 8.78 Å². The molecule has 0 saturated heterocycles. The first kappa shape index (κ1) is 13.2. The van der Waals surface area contributed by atoms with E-state index >= 15 is 0 Å². The van der Waals surface area contributed by atoms with Crippen molar-refractivity contribution in [3.8, 4) is 0 Å². The molecule has 18 heavy (non-hydrogen) atoms.